The van der Waals surface area contributed by atoms with Crippen LogP contribution in [0.2, 0.25) is 0 Å². The number of aromatic amines is 4. The van der Waals surface area contributed by atoms with Gasteiger partial charge in [0, 0.05) is 10.8 Å². The predicted molar refractivity (Wildman–Crippen MR) is 92.8 cm³/mol. The van der Waals surface area contributed by atoms with E-state index in [1.807, 2.05) is 19.9 Å². The molecule has 0 amide bonds. The molecule has 0 atom stereocenters. The van der Waals surface area contributed by atoms with Crippen molar-refractivity contribution in [3.63, 3.8) is 0 Å². The number of H-pyrrole nitrogens is 4. The van der Waals surface area contributed by atoms with Crippen LogP contribution >= 0.6 is 0 Å². The number of hydrogen-bond donors (Lipinski definition) is 4. The molecule has 0 bridgehead atoms. The Hall–Kier alpha value is -2.48. The molecular weight excluding hydrogens is 422 g/mol. The van der Waals surface area contributed by atoms with Crippen LogP contribution in [-0.4, -0.2) is 19.9 Å². The summed E-state index contributed by atoms with van der Waals surface area (Å²) in [5.74, 6) is -2.25. The molecule has 5 aromatic rings. The maximum atomic E-state index is 12.5. The third kappa shape index (κ3) is 2.55. The molecule has 30 heavy (non-hydrogen) atoms. The van der Waals surface area contributed by atoms with Crippen LogP contribution in [0.1, 0.15) is 0 Å². The number of rotatable bonds is 0. The summed E-state index contributed by atoms with van der Waals surface area (Å²) in [5.41, 5.74) is -6.72. The minimum Gasteiger partial charge on any atom is -0.860 e. The van der Waals surface area contributed by atoms with Gasteiger partial charge in [-0.15, -0.1) is 0 Å². The quantitative estimate of drug-likeness (QED) is 0.106. The van der Waals surface area contributed by atoms with Gasteiger partial charge in [-0.1, -0.05) is 0 Å². The molecule has 0 aliphatic carbocycles. The van der Waals surface area contributed by atoms with Crippen molar-refractivity contribution in [3.8, 4) is 11.8 Å². The molecular formula is C16H4N4Na2O8. The first-order valence-electron chi connectivity index (χ1n) is 7.63. The molecule has 0 saturated heterocycles. The van der Waals surface area contributed by atoms with Crippen LogP contribution in [0.15, 0.2) is 28.8 Å². The van der Waals surface area contributed by atoms with Crippen molar-refractivity contribution in [2.24, 2.45) is 0 Å². The summed E-state index contributed by atoms with van der Waals surface area (Å²) in [6.07, 6.45) is 0. The van der Waals surface area contributed by atoms with Gasteiger partial charge in [0.1, 0.15) is 0 Å². The van der Waals surface area contributed by atoms with Crippen LogP contribution < -0.4 is 103 Å². The van der Waals surface area contributed by atoms with Crippen LogP contribution in [0.4, 0.5) is 0 Å². The van der Waals surface area contributed by atoms with E-state index in [4.69, 9.17) is 0 Å². The first-order chi connectivity index (χ1) is 13.2. The second-order valence-corrected chi connectivity index (χ2v) is 6.13. The van der Waals surface area contributed by atoms with Crippen LogP contribution in [0, 0.1) is 0 Å². The van der Waals surface area contributed by atoms with E-state index in [1.54, 1.807) is 0 Å². The Labute approximate surface area is 204 Å². The Kier molecular flexibility index (Phi) is 5.21. The number of nitrogens with one attached hydrogen (secondary N) is 4. The molecule has 5 rings (SSSR count). The average molecular weight is 426 g/mol. The van der Waals surface area contributed by atoms with Crippen LogP contribution in [-0.2, 0) is 0 Å². The first-order valence-corrected chi connectivity index (χ1v) is 7.63. The smallest absolute Gasteiger partial charge is 0.860 e. The molecule has 14 heteroatoms. The third-order valence-electron chi connectivity index (χ3n) is 4.72. The van der Waals surface area contributed by atoms with Gasteiger partial charge in [-0.2, -0.15) is 0 Å². The Morgan fingerprint density at radius 2 is 0.600 bits per heavy atom. The number of aromatic nitrogens is 4. The van der Waals surface area contributed by atoms with E-state index in [0.29, 0.717) is 0 Å². The molecule has 4 N–H and O–H groups in total. The van der Waals surface area contributed by atoms with Gasteiger partial charge in [0.25, 0.3) is 33.4 Å². The van der Waals surface area contributed by atoms with E-state index in [-0.39, 0.29) is 59.1 Å². The van der Waals surface area contributed by atoms with Crippen molar-refractivity contribution >= 4 is 43.1 Å². The van der Waals surface area contributed by atoms with Crippen molar-refractivity contribution < 1.29 is 69.3 Å². The van der Waals surface area contributed by atoms with Gasteiger partial charge in [0.05, 0.1) is 32.3 Å². The normalized spacial score (nSPS) is 11.2. The standard InChI is InChI=1S/C16H6N4O8.2Na/c21-9-3-1-4(10(22)18-14(26)7(1)13(25)17-9)6-2-5(3)11(23)19-15(27)8(2)16(28)20-12(6)24;;/h(H,17,21,25)(H2,18,22,26)(H2,19,23,27)(H,20,24,28);;/q;2*+1/p-2. The van der Waals surface area contributed by atoms with Gasteiger partial charge in [0.15, 0.2) is 0 Å². The zero-order valence-electron chi connectivity index (χ0n) is 15.3. The maximum absolute atomic E-state index is 12.5. The predicted octanol–water partition coefficient (Wildman–Crippen LogP) is -9.20. The fourth-order valence-corrected chi connectivity index (χ4v) is 3.73. The molecule has 0 spiro atoms. The maximum Gasteiger partial charge on any atom is 1.00 e. The fraction of sp³-hybridized carbons (Fsp3) is 0. The number of hydrogen-bond acceptors (Lipinski definition) is 8. The van der Waals surface area contributed by atoms with E-state index in [1.165, 1.54) is 0 Å². The molecule has 0 aliphatic rings. The molecule has 12 nitrogen and oxygen atoms in total. The van der Waals surface area contributed by atoms with Crippen molar-refractivity contribution in [1.82, 2.24) is 19.9 Å². The number of pyridine rings is 4. The third-order valence-corrected chi connectivity index (χ3v) is 4.72. The topological polar surface area (TPSA) is 212 Å². The summed E-state index contributed by atoms with van der Waals surface area (Å²) < 4.78 is 0. The van der Waals surface area contributed by atoms with Crippen molar-refractivity contribution in [2.75, 3.05) is 0 Å². The molecule has 0 saturated carbocycles. The Balaban J connectivity index is 0.00000128. The van der Waals surface area contributed by atoms with Crippen molar-refractivity contribution in [2.45, 2.75) is 0 Å². The summed E-state index contributed by atoms with van der Waals surface area (Å²) in [7, 11) is 0. The molecule has 0 unspecified atom stereocenters. The largest absolute Gasteiger partial charge is 1.00 e. The van der Waals surface area contributed by atoms with Crippen molar-refractivity contribution in [1.29, 1.82) is 0 Å². The summed E-state index contributed by atoms with van der Waals surface area (Å²) in [5, 5.41) is 19.9. The van der Waals surface area contributed by atoms with Crippen LogP contribution in [0.5, 0.6) is 11.8 Å². The summed E-state index contributed by atoms with van der Waals surface area (Å²) in [6, 6.07) is 0. The molecule has 4 heterocycles. The minimum atomic E-state index is -1.13. The van der Waals surface area contributed by atoms with E-state index in [2.05, 4.69) is 0 Å². The second-order valence-electron chi connectivity index (χ2n) is 6.13. The van der Waals surface area contributed by atoms with E-state index >= 15 is 0 Å². The summed E-state index contributed by atoms with van der Waals surface area (Å²) >= 11 is 0. The molecule has 4 aromatic heterocycles. The van der Waals surface area contributed by atoms with Crippen LogP contribution in [0.25, 0.3) is 43.1 Å². The second kappa shape index (κ2) is 7.04. The Morgan fingerprint density at radius 3 is 0.900 bits per heavy atom. The van der Waals surface area contributed by atoms with E-state index in [0.717, 1.165) is 0 Å². The number of fused-ring (bicyclic) bond motifs is 2. The van der Waals surface area contributed by atoms with Gasteiger partial charge in [-0.05, 0) is 11.8 Å². The zero-order chi connectivity index (χ0) is 20.1. The van der Waals surface area contributed by atoms with Gasteiger partial charge in [0.2, 0.25) is 0 Å². The van der Waals surface area contributed by atoms with Crippen LogP contribution in [0.3, 0.4) is 0 Å². The molecule has 1 aromatic carbocycles. The average Bonchev–Trinajstić information content (AvgIpc) is 2.58. The molecule has 0 radical (unpaired) electrons. The van der Waals surface area contributed by atoms with Crippen molar-refractivity contribution in [3.05, 3.63) is 62.1 Å². The first kappa shape index (κ1) is 22.2. The minimum absolute atomic E-state index is 0. The summed E-state index contributed by atoms with van der Waals surface area (Å²) in [4.78, 5) is 81.7. The zero-order valence-corrected chi connectivity index (χ0v) is 19.3. The van der Waals surface area contributed by atoms with Gasteiger partial charge in [-0.25, -0.2) is 0 Å². The van der Waals surface area contributed by atoms with Gasteiger partial charge < -0.3 is 20.2 Å². The summed E-state index contributed by atoms with van der Waals surface area (Å²) in [6.45, 7) is 0. The monoisotopic (exact) mass is 426 g/mol. The number of benzene rings is 1. The van der Waals surface area contributed by atoms with Gasteiger partial charge in [-0.3, -0.25) is 38.7 Å². The molecule has 0 aliphatic heterocycles. The van der Waals surface area contributed by atoms with E-state index in [9.17, 15) is 39.0 Å². The fourth-order valence-electron chi connectivity index (χ4n) is 3.73. The van der Waals surface area contributed by atoms with E-state index < -0.39 is 88.2 Å². The molecule has 0 fully saturated rings. The SMILES string of the molecule is O=c1[nH]c(=O)c2c3c(=O)[nH]c([O-])c4c(=O)[nH]c(=O)c(c5c(=O)[nH]c([O-])c1c52)c43.[Na+].[Na+]. The van der Waals surface area contributed by atoms with Gasteiger partial charge >= 0.3 is 59.1 Å². The molecule has 138 valence electrons. The Bertz CT molecular complexity index is 1710. The Morgan fingerprint density at radius 1 is 0.367 bits per heavy atom.